The molecule has 16 heavy (non-hydrogen) atoms. The Hall–Kier alpha value is 0.140. The zero-order valence-corrected chi connectivity index (χ0v) is 11.9. The lowest BCUT2D eigenvalue weighted by Crippen LogP contribution is -2.31. The Bertz CT molecular complexity index is 370. The molecule has 0 radical (unpaired) electrons. The fourth-order valence-electron chi connectivity index (χ4n) is 2.74. The maximum atomic E-state index is 3.78. The van der Waals surface area contributed by atoms with Gasteiger partial charge in [0.15, 0.2) is 0 Å². The third-order valence-electron chi connectivity index (χ3n) is 3.96. The third-order valence-corrected chi connectivity index (χ3v) is 5.67. The van der Waals surface area contributed by atoms with Gasteiger partial charge in [0, 0.05) is 10.9 Å². The predicted molar refractivity (Wildman–Crippen MR) is 73.0 cm³/mol. The van der Waals surface area contributed by atoms with Crippen molar-refractivity contribution < 1.29 is 0 Å². The molecule has 1 aromatic rings. The number of fused-ring (bicyclic) bond motifs is 1. The predicted octanol–water partition coefficient (Wildman–Crippen LogP) is 4.28. The van der Waals surface area contributed by atoms with Gasteiger partial charge in [-0.25, -0.2) is 0 Å². The van der Waals surface area contributed by atoms with E-state index in [1.54, 1.807) is 10.4 Å². The normalized spacial score (nSPS) is 25.2. The smallest absolute Gasteiger partial charge is 0.0704 e. The van der Waals surface area contributed by atoms with E-state index in [1.165, 1.54) is 48.9 Å². The summed E-state index contributed by atoms with van der Waals surface area (Å²) in [4.78, 5) is 1.60. The molecule has 88 valence electrons. The van der Waals surface area contributed by atoms with Gasteiger partial charge in [0.1, 0.15) is 0 Å². The highest BCUT2D eigenvalue weighted by Crippen LogP contribution is 2.38. The van der Waals surface area contributed by atoms with Crippen LogP contribution >= 0.6 is 27.3 Å². The van der Waals surface area contributed by atoms with Crippen LogP contribution in [0.3, 0.4) is 0 Å². The summed E-state index contributed by atoms with van der Waals surface area (Å²) in [5.74, 6) is 0.965. The second-order valence-corrected chi connectivity index (χ2v) is 7.60. The Morgan fingerprint density at radius 2 is 2.19 bits per heavy atom. The Kier molecular flexibility index (Phi) is 3.37. The van der Waals surface area contributed by atoms with Crippen molar-refractivity contribution in [3.63, 3.8) is 0 Å². The van der Waals surface area contributed by atoms with E-state index in [4.69, 9.17) is 0 Å². The molecule has 2 aliphatic carbocycles. The molecule has 3 heteroatoms. The van der Waals surface area contributed by atoms with Crippen LogP contribution < -0.4 is 5.32 Å². The molecule has 3 rings (SSSR count). The molecule has 1 unspecified atom stereocenters. The lowest BCUT2D eigenvalue weighted by molar-refractivity contribution is 0.283. The van der Waals surface area contributed by atoms with Crippen molar-refractivity contribution in [1.29, 1.82) is 0 Å². The van der Waals surface area contributed by atoms with Crippen LogP contribution in [0.4, 0.5) is 0 Å². The van der Waals surface area contributed by atoms with Gasteiger partial charge in [-0.05, 0) is 72.1 Å². The highest BCUT2D eigenvalue weighted by atomic mass is 79.9. The van der Waals surface area contributed by atoms with E-state index in [0.29, 0.717) is 6.04 Å². The Balaban J connectivity index is 1.66. The molecule has 0 aromatic carbocycles. The summed E-state index contributed by atoms with van der Waals surface area (Å²) in [7, 11) is 0. The molecule has 1 saturated carbocycles. The molecule has 1 N–H and O–H groups in total. The molecule has 1 aromatic heterocycles. The van der Waals surface area contributed by atoms with Crippen LogP contribution in [0.25, 0.3) is 0 Å². The minimum atomic E-state index is 0.631. The average Bonchev–Trinajstić information content (AvgIpc) is 2.56. The Morgan fingerprint density at radius 3 is 2.94 bits per heavy atom. The zero-order valence-electron chi connectivity index (χ0n) is 9.47. The first-order valence-corrected chi connectivity index (χ1v) is 7.95. The van der Waals surface area contributed by atoms with Gasteiger partial charge in [0.2, 0.25) is 0 Å². The summed E-state index contributed by atoms with van der Waals surface area (Å²) in [6, 6.07) is 2.96. The van der Waals surface area contributed by atoms with Crippen LogP contribution in [0.2, 0.25) is 0 Å². The maximum absolute atomic E-state index is 3.78. The standard InChI is InChI=1S/C13H18BrNS/c14-13-7-10-11(5-2-6-12(10)16-13)15-8-9-3-1-4-9/h7,9,11,15H,1-6,8H2. The highest BCUT2D eigenvalue weighted by molar-refractivity contribution is 9.11. The van der Waals surface area contributed by atoms with E-state index < -0.39 is 0 Å². The largest absolute Gasteiger partial charge is 0.310 e. The van der Waals surface area contributed by atoms with Gasteiger partial charge in [0.25, 0.3) is 0 Å². The SMILES string of the molecule is Brc1cc2c(s1)CCCC2NCC1CCC1. The Morgan fingerprint density at radius 1 is 1.31 bits per heavy atom. The molecule has 0 aliphatic heterocycles. The van der Waals surface area contributed by atoms with Gasteiger partial charge >= 0.3 is 0 Å². The topological polar surface area (TPSA) is 12.0 Å². The first kappa shape index (κ1) is 11.2. The Labute approximate surface area is 110 Å². The van der Waals surface area contributed by atoms with Crippen LogP contribution in [0.5, 0.6) is 0 Å². The lowest BCUT2D eigenvalue weighted by Gasteiger charge is -2.30. The number of halogens is 1. The number of hydrogen-bond donors (Lipinski definition) is 1. The molecule has 1 heterocycles. The fraction of sp³-hybridized carbons (Fsp3) is 0.692. The molecular weight excluding hydrogens is 282 g/mol. The van der Waals surface area contributed by atoms with Crippen molar-refractivity contribution in [2.24, 2.45) is 5.92 Å². The van der Waals surface area contributed by atoms with Gasteiger partial charge in [-0.2, -0.15) is 0 Å². The minimum absolute atomic E-state index is 0.631. The fourth-order valence-corrected chi connectivity index (χ4v) is 4.56. The van der Waals surface area contributed by atoms with Gasteiger partial charge in [-0.15, -0.1) is 11.3 Å². The first-order chi connectivity index (χ1) is 7.83. The van der Waals surface area contributed by atoms with E-state index in [2.05, 4.69) is 27.3 Å². The second-order valence-electron chi connectivity index (χ2n) is 5.08. The number of rotatable bonds is 3. The van der Waals surface area contributed by atoms with Crippen molar-refractivity contribution in [3.05, 3.63) is 20.3 Å². The van der Waals surface area contributed by atoms with Crippen LogP contribution in [0.1, 0.15) is 48.6 Å². The maximum Gasteiger partial charge on any atom is 0.0704 e. The van der Waals surface area contributed by atoms with E-state index in [0.717, 1.165) is 5.92 Å². The van der Waals surface area contributed by atoms with Crippen molar-refractivity contribution in [3.8, 4) is 0 Å². The molecule has 0 amide bonds. The van der Waals surface area contributed by atoms with E-state index in [1.807, 2.05) is 11.3 Å². The molecule has 1 fully saturated rings. The van der Waals surface area contributed by atoms with E-state index in [9.17, 15) is 0 Å². The summed E-state index contributed by atoms with van der Waals surface area (Å²) >= 11 is 5.54. The van der Waals surface area contributed by atoms with Gasteiger partial charge < -0.3 is 5.32 Å². The second kappa shape index (κ2) is 4.79. The van der Waals surface area contributed by atoms with Crippen LogP contribution in [-0.4, -0.2) is 6.54 Å². The highest BCUT2D eigenvalue weighted by Gasteiger charge is 2.24. The van der Waals surface area contributed by atoms with E-state index in [-0.39, 0.29) is 0 Å². The van der Waals surface area contributed by atoms with Crippen LogP contribution in [0.15, 0.2) is 9.85 Å². The number of aryl methyl sites for hydroxylation is 1. The average molecular weight is 300 g/mol. The third kappa shape index (κ3) is 2.22. The molecule has 0 bridgehead atoms. The van der Waals surface area contributed by atoms with Crippen molar-refractivity contribution in [2.75, 3.05) is 6.54 Å². The quantitative estimate of drug-likeness (QED) is 0.878. The summed E-state index contributed by atoms with van der Waals surface area (Å²) in [6.45, 7) is 1.23. The molecule has 2 aliphatic rings. The van der Waals surface area contributed by atoms with Crippen LogP contribution in [-0.2, 0) is 6.42 Å². The van der Waals surface area contributed by atoms with Crippen molar-refractivity contribution in [2.45, 2.75) is 44.6 Å². The van der Waals surface area contributed by atoms with Crippen molar-refractivity contribution >= 4 is 27.3 Å². The molecule has 1 nitrogen and oxygen atoms in total. The summed E-state index contributed by atoms with van der Waals surface area (Å²) in [6.07, 6.45) is 8.30. The molecule has 1 atom stereocenters. The summed E-state index contributed by atoms with van der Waals surface area (Å²) in [5, 5.41) is 3.78. The van der Waals surface area contributed by atoms with Gasteiger partial charge in [0.05, 0.1) is 3.79 Å². The number of thiophene rings is 1. The minimum Gasteiger partial charge on any atom is -0.310 e. The number of nitrogens with one attached hydrogen (secondary N) is 1. The summed E-state index contributed by atoms with van der Waals surface area (Å²) < 4.78 is 1.30. The molecular formula is C13H18BrNS. The number of hydrogen-bond acceptors (Lipinski definition) is 2. The molecule has 0 spiro atoms. The van der Waals surface area contributed by atoms with E-state index >= 15 is 0 Å². The monoisotopic (exact) mass is 299 g/mol. The zero-order chi connectivity index (χ0) is 11.0. The van der Waals surface area contributed by atoms with Gasteiger partial charge in [-0.1, -0.05) is 6.42 Å². The molecule has 0 saturated heterocycles. The first-order valence-electron chi connectivity index (χ1n) is 6.34. The lowest BCUT2D eigenvalue weighted by atomic mass is 9.84. The van der Waals surface area contributed by atoms with Gasteiger partial charge in [-0.3, -0.25) is 0 Å². The van der Waals surface area contributed by atoms with Crippen LogP contribution in [0, 0.1) is 5.92 Å². The van der Waals surface area contributed by atoms with Crippen molar-refractivity contribution in [1.82, 2.24) is 5.32 Å². The summed E-state index contributed by atoms with van der Waals surface area (Å²) in [5.41, 5.74) is 1.57.